The first-order valence-electron chi connectivity index (χ1n) is 16.4. The quantitative estimate of drug-likeness (QED) is 0.111. The van der Waals surface area contributed by atoms with Crippen LogP contribution < -0.4 is 0 Å². The smallest absolute Gasteiger partial charge is 0.159 e. The summed E-state index contributed by atoms with van der Waals surface area (Å²) in [4.78, 5) is 41.8. The van der Waals surface area contributed by atoms with Crippen molar-refractivity contribution in [3.05, 3.63) is 179 Å². The number of rotatable bonds is 13. The van der Waals surface area contributed by atoms with Crippen molar-refractivity contribution in [1.82, 2.24) is 0 Å². The monoisotopic (exact) mass is 708 g/mol. The molecule has 3 nitrogen and oxygen atoms in total. The Hall–Kier alpha value is -4.62. The number of carbonyl (C=O) groups excluding carboxylic acids is 3. The van der Waals surface area contributed by atoms with Gasteiger partial charge in [-0.1, -0.05) is 108 Å². The molecule has 0 atom stereocenters. The van der Waals surface area contributed by atoms with E-state index in [1.54, 1.807) is 56.1 Å². The van der Waals surface area contributed by atoms with Crippen molar-refractivity contribution in [2.24, 2.45) is 0 Å². The number of ketones is 3. The predicted octanol–water partition coefficient (Wildman–Crippen LogP) is 12.1. The van der Waals surface area contributed by atoms with Crippen molar-refractivity contribution in [3.8, 4) is 0 Å². The van der Waals surface area contributed by atoms with Crippen LogP contribution in [0, 0.1) is 0 Å². The lowest BCUT2D eigenvalue weighted by Crippen LogP contribution is -2.05. The molecule has 0 fully saturated rings. The lowest BCUT2D eigenvalue weighted by atomic mass is 9.86. The van der Waals surface area contributed by atoms with E-state index < -0.39 is 0 Å². The molecule has 6 aromatic rings. The zero-order valence-electron chi connectivity index (χ0n) is 28.1. The molecule has 0 radical (unpaired) electrons. The third kappa shape index (κ3) is 9.33. The standard InChI is InChI=1S/C44H36O3S3/c1-29(45)33-6-18-39(19-7-33)48-38-16-4-32(5-17-38)28-44(36-12-24-42(25-13-36)49-40-20-8-34(9-21-40)30(2)46)37-14-26-43(27-15-37)50-41-22-10-35(11-23-41)31(3)47/h4-27,44H,28H2,1-3H3. The van der Waals surface area contributed by atoms with E-state index in [1.165, 1.54) is 16.7 Å². The van der Waals surface area contributed by atoms with Gasteiger partial charge in [-0.2, -0.15) is 0 Å². The lowest BCUT2D eigenvalue weighted by molar-refractivity contribution is 0.100. The molecule has 0 saturated carbocycles. The van der Waals surface area contributed by atoms with E-state index in [9.17, 15) is 14.4 Å². The van der Waals surface area contributed by atoms with E-state index in [0.717, 1.165) is 52.5 Å². The van der Waals surface area contributed by atoms with Crippen LogP contribution in [0.15, 0.2) is 175 Å². The third-order valence-electron chi connectivity index (χ3n) is 8.42. The second-order valence-electron chi connectivity index (χ2n) is 12.1. The maximum absolute atomic E-state index is 11.7. The largest absolute Gasteiger partial charge is 0.295 e. The summed E-state index contributed by atoms with van der Waals surface area (Å²) in [5.41, 5.74) is 5.89. The molecule has 0 spiro atoms. The third-order valence-corrected chi connectivity index (χ3v) is 11.5. The van der Waals surface area contributed by atoms with E-state index in [-0.39, 0.29) is 23.3 Å². The maximum atomic E-state index is 11.7. The molecule has 6 heteroatoms. The number of carbonyl (C=O) groups is 3. The molecule has 0 unspecified atom stereocenters. The predicted molar refractivity (Wildman–Crippen MR) is 207 cm³/mol. The van der Waals surface area contributed by atoms with Crippen LogP contribution in [0.25, 0.3) is 0 Å². The van der Waals surface area contributed by atoms with Crippen LogP contribution in [-0.2, 0) is 6.42 Å². The van der Waals surface area contributed by atoms with Crippen molar-refractivity contribution >= 4 is 52.6 Å². The number of benzene rings is 6. The first kappa shape index (κ1) is 35.2. The van der Waals surface area contributed by atoms with Gasteiger partial charge in [-0.25, -0.2) is 0 Å². The summed E-state index contributed by atoms with van der Waals surface area (Å²) in [6.07, 6.45) is 0.844. The fourth-order valence-electron chi connectivity index (χ4n) is 5.58. The number of hydrogen-bond donors (Lipinski definition) is 0. The van der Waals surface area contributed by atoms with Crippen LogP contribution in [0.5, 0.6) is 0 Å². The van der Waals surface area contributed by atoms with Crippen molar-refractivity contribution in [2.75, 3.05) is 0 Å². The Labute approximate surface area is 306 Å². The fourth-order valence-corrected chi connectivity index (χ4v) is 8.02. The van der Waals surface area contributed by atoms with Gasteiger partial charge in [0.25, 0.3) is 0 Å². The van der Waals surface area contributed by atoms with Crippen molar-refractivity contribution in [3.63, 3.8) is 0 Å². The highest BCUT2D eigenvalue weighted by atomic mass is 32.2. The van der Waals surface area contributed by atoms with Crippen LogP contribution in [0.2, 0.25) is 0 Å². The lowest BCUT2D eigenvalue weighted by Gasteiger charge is -2.20. The Morgan fingerprint density at radius 1 is 0.380 bits per heavy atom. The summed E-state index contributed by atoms with van der Waals surface area (Å²) in [5.74, 6) is 0.361. The van der Waals surface area contributed by atoms with Crippen LogP contribution in [0.4, 0.5) is 0 Å². The van der Waals surface area contributed by atoms with Crippen LogP contribution in [0.1, 0.15) is 74.5 Å². The molecule has 0 amide bonds. The summed E-state index contributed by atoms with van der Waals surface area (Å²) in [5, 5.41) is 0. The summed E-state index contributed by atoms with van der Waals surface area (Å²) in [6, 6.07) is 49.7. The molecule has 0 aliphatic rings. The van der Waals surface area contributed by atoms with E-state index in [1.807, 2.05) is 72.8 Å². The van der Waals surface area contributed by atoms with Gasteiger partial charge in [0, 0.05) is 52.0 Å². The van der Waals surface area contributed by atoms with Gasteiger partial charge in [0.2, 0.25) is 0 Å². The van der Waals surface area contributed by atoms with E-state index in [4.69, 9.17) is 0 Å². The second-order valence-corrected chi connectivity index (χ2v) is 15.5. The molecule has 248 valence electrons. The maximum Gasteiger partial charge on any atom is 0.159 e. The number of hydrogen-bond acceptors (Lipinski definition) is 6. The van der Waals surface area contributed by atoms with Crippen molar-refractivity contribution in [2.45, 2.75) is 62.5 Å². The Balaban J connectivity index is 1.21. The van der Waals surface area contributed by atoms with Crippen LogP contribution >= 0.6 is 35.3 Å². The molecular weight excluding hydrogens is 673 g/mol. The average Bonchev–Trinajstić information content (AvgIpc) is 3.13. The minimum absolute atomic E-state index is 0.0701. The van der Waals surface area contributed by atoms with E-state index in [0.29, 0.717) is 0 Å². The minimum atomic E-state index is 0.0701. The Kier molecular flexibility index (Phi) is 11.5. The van der Waals surface area contributed by atoms with E-state index >= 15 is 0 Å². The van der Waals surface area contributed by atoms with Gasteiger partial charge >= 0.3 is 0 Å². The zero-order valence-corrected chi connectivity index (χ0v) is 30.5. The van der Waals surface area contributed by atoms with E-state index in [2.05, 4.69) is 72.8 Å². The van der Waals surface area contributed by atoms with Gasteiger partial charge < -0.3 is 0 Å². The normalized spacial score (nSPS) is 11.0. The molecule has 0 aliphatic heterocycles. The molecule has 0 saturated heterocycles. The highest BCUT2D eigenvalue weighted by molar-refractivity contribution is 7.99. The minimum Gasteiger partial charge on any atom is -0.295 e. The molecule has 6 rings (SSSR count). The summed E-state index contributed by atoms with van der Waals surface area (Å²) in [6.45, 7) is 4.76. The molecule has 0 aliphatic carbocycles. The van der Waals surface area contributed by atoms with Gasteiger partial charge in [0.15, 0.2) is 17.3 Å². The molecule has 0 aromatic heterocycles. The van der Waals surface area contributed by atoms with Crippen molar-refractivity contribution in [1.29, 1.82) is 0 Å². The topological polar surface area (TPSA) is 51.2 Å². The van der Waals surface area contributed by atoms with Gasteiger partial charge in [-0.3, -0.25) is 14.4 Å². The fraction of sp³-hybridized carbons (Fsp3) is 0.114. The second kappa shape index (κ2) is 16.4. The molecule has 6 aromatic carbocycles. The molecule has 0 N–H and O–H groups in total. The van der Waals surface area contributed by atoms with Gasteiger partial charge in [0.1, 0.15) is 0 Å². The van der Waals surface area contributed by atoms with Crippen LogP contribution in [0.3, 0.4) is 0 Å². The highest BCUT2D eigenvalue weighted by Crippen LogP contribution is 2.36. The van der Waals surface area contributed by atoms with Crippen molar-refractivity contribution < 1.29 is 14.4 Å². The van der Waals surface area contributed by atoms with Gasteiger partial charge in [-0.05, 0) is 117 Å². The Morgan fingerprint density at radius 2 is 0.620 bits per heavy atom. The molecule has 50 heavy (non-hydrogen) atoms. The van der Waals surface area contributed by atoms with Crippen LogP contribution in [-0.4, -0.2) is 17.3 Å². The Morgan fingerprint density at radius 3 is 0.880 bits per heavy atom. The zero-order chi connectivity index (χ0) is 35.0. The SMILES string of the molecule is CC(=O)c1ccc(Sc2ccc(CC(c3ccc(Sc4ccc(C(C)=O)cc4)cc3)c3ccc(Sc4ccc(C(C)=O)cc4)cc3)cc2)cc1. The molecular formula is C44H36O3S3. The first-order valence-corrected chi connectivity index (χ1v) is 18.8. The average molecular weight is 709 g/mol. The summed E-state index contributed by atoms with van der Waals surface area (Å²) < 4.78 is 0. The first-order chi connectivity index (χ1) is 24.2. The molecule has 0 heterocycles. The summed E-state index contributed by atoms with van der Waals surface area (Å²) in [7, 11) is 0. The van der Waals surface area contributed by atoms with Gasteiger partial charge in [-0.15, -0.1) is 0 Å². The molecule has 0 bridgehead atoms. The Bertz CT molecular complexity index is 1980. The highest BCUT2D eigenvalue weighted by Gasteiger charge is 2.16. The summed E-state index contributed by atoms with van der Waals surface area (Å²) >= 11 is 5.06. The number of Topliss-reactive ketones (excluding diaryl/α,β-unsaturated/α-hetero) is 3. The van der Waals surface area contributed by atoms with Gasteiger partial charge in [0.05, 0.1) is 0 Å².